The lowest BCUT2D eigenvalue weighted by Gasteiger charge is -2.16. The largest absolute Gasteiger partial charge is 0.474 e. The van der Waals surface area contributed by atoms with E-state index in [1.165, 1.54) is 5.56 Å². The van der Waals surface area contributed by atoms with Gasteiger partial charge in [-0.15, -0.1) is 0 Å². The molecule has 0 N–H and O–H groups in total. The smallest absolute Gasteiger partial charge is 0.228 e. The lowest BCUT2D eigenvalue weighted by atomic mass is 10.1. The van der Waals surface area contributed by atoms with Gasteiger partial charge in [0.05, 0.1) is 28.3 Å². The molecule has 2 aromatic rings. The summed E-state index contributed by atoms with van der Waals surface area (Å²) in [6.45, 7) is 7.05. The molecule has 0 saturated carbocycles. The van der Waals surface area contributed by atoms with Crippen LogP contribution in [0.3, 0.4) is 0 Å². The molecule has 0 fully saturated rings. The van der Waals surface area contributed by atoms with E-state index in [4.69, 9.17) is 4.74 Å². The number of aromatic nitrogens is 1. The Bertz CT molecular complexity index is 719. The maximum absolute atomic E-state index is 6.05. The average Bonchev–Trinajstić information content (AvgIpc) is 2.64. The first-order chi connectivity index (χ1) is 12.5. The predicted octanol–water partition coefficient (Wildman–Crippen LogP) is 5.55. The molecule has 4 nitrogen and oxygen atoms in total. The average molecular weight is 418 g/mol. The standard InChI is InChI=1S/C21H28BrN3O/c1-5-25(4)15-23-20-14-19(22)21(24-17(20)3)26-16(2)10-9-13-18-11-7-6-8-12-18/h6-8,11-12,14-16H,5,9-10,13H2,1-4H3. The van der Waals surface area contributed by atoms with E-state index in [2.05, 4.69) is 70.1 Å². The topological polar surface area (TPSA) is 37.7 Å². The molecule has 0 spiro atoms. The van der Waals surface area contributed by atoms with Gasteiger partial charge in [0.2, 0.25) is 5.88 Å². The van der Waals surface area contributed by atoms with E-state index in [-0.39, 0.29) is 6.10 Å². The summed E-state index contributed by atoms with van der Waals surface area (Å²) >= 11 is 3.56. The first-order valence-electron chi connectivity index (χ1n) is 9.11. The minimum absolute atomic E-state index is 0.113. The Balaban J connectivity index is 1.92. The first-order valence-corrected chi connectivity index (χ1v) is 9.91. The Morgan fingerprint density at radius 2 is 2.04 bits per heavy atom. The summed E-state index contributed by atoms with van der Waals surface area (Å²) in [5.41, 5.74) is 3.08. The van der Waals surface area contributed by atoms with Gasteiger partial charge >= 0.3 is 0 Å². The zero-order valence-corrected chi connectivity index (χ0v) is 17.7. The van der Waals surface area contributed by atoms with E-state index >= 15 is 0 Å². The second-order valence-electron chi connectivity index (χ2n) is 6.50. The van der Waals surface area contributed by atoms with Crippen LogP contribution in [-0.4, -0.2) is 35.9 Å². The van der Waals surface area contributed by atoms with Gasteiger partial charge in [0.1, 0.15) is 0 Å². The number of pyridine rings is 1. The van der Waals surface area contributed by atoms with Crippen molar-refractivity contribution in [2.45, 2.75) is 46.1 Å². The molecule has 26 heavy (non-hydrogen) atoms. The lowest BCUT2D eigenvalue weighted by molar-refractivity contribution is 0.198. The summed E-state index contributed by atoms with van der Waals surface area (Å²) in [5.74, 6) is 0.637. The van der Waals surface area contributed by atoms with Crippen molar-refractivity contribution in [1.29, 1.82) is 0 Å². The molecule has 140 valence electrons. The van der Waals surface area contributed by atoms with Crippen LogP contribution in [0.25, 0.3) is 0 Å². The van der Waals surface area contributed by atoms with E-state index < -0.39 is 0 Å². The van der Waals surface area contributed by atoms with Crippen LogP contribution in [-0.2, 0) is 6.42 Å². The van der Waals surface area contributed by atoms with E-state index in [0.29, 0.717) is 5.88 Å². The number of halogens is 1. The van der Waals surface area contributed by atoms with Crippen molar-refractivity contribution in [3.8, 4) is 5.88 Å². The van der Waals surface area contributed by atoms with Crippen LogP contribution < -0.4 is 4.74 Å². The zero-order valence-electron chi connectivity index (χ0n) is 16.1. The van der Waals surface area contributed by atoms with Gasteiger partial charge in [-0.25, -0.2) is 9.98 Å². The lowest BCUT2D eigenvalue weighted by Crippen LogP contribution is -2.14. The maximum atomic E-state index is 6.05. The van der Waals surface area contributed by atoms with Crippen molar-refractivity contribution in [2.75, 3.05) is 13.6 Å². The normalized spacial score (nSPS) is 12.3. The predicted molar refractivity (Wildman–Crippen MR) is 113 cm³/mol. The Hall–Kier alpha value is -1.88. The third kappa shape index (κ3) is 6.45. The van der Waals surface area contributed by atoms with Crippen LogP contribution in [0.2, 0.25) is 0 Å². The molecule has 1 heterocycles. The van der Waals surface area contributed by atoms with E-state index in [0.717, 1.165) is 41.7 Å². The minimum atomic E-state index is 0.113. The molecule has 0 aliphatic rings. The van der Waals surface area contributed by atoms with Crippen molar-refractivity contribution >= 4 is 28.0 Å². The van der Waals surface area contributed by atoms with Crippen LogP contribution in [0.5, 0.6) is 5.88 Å². The summed E-state index contributed by atoms with van der Waals surface area (Å²) in [6, 6.07) is 12.5. The second kappa shape index (κ2) is 10.3. The van der Waals surface area contributed by atoms with Crippen LogP contribution in [0, 0.1) is 6.92 Å². The van der Waals surface area contributed by atoms with Gasteiger partial charge in [0.25, 0.3) is 0 Å². The number of hydrogen-bond acceptors (Lipinski definition) is 3. The van der Waals surface area contributed by atoms with Crippen molar-refractivity contribution in [3.05, 3.63) is 52.1 Å². The molecule has 1 aromatic heterocycles. The van der Waals surface area contributed by atoms with Gasteiger partial charge in [-0.1, -0.05) is 30.3 Å². The number of rotatable bonds is 9. The highest BCUT2D eigenvalue weighted by Gasteiger charge is 2.12. The SMILES string of the molecule is CCN(C)C=Nc1cc(Br)c(OC(C)CCCc2ccccc2)nc1C. The molecule has 1 unspecified atom stereocenters. The monoisotopic (exact) mass is 417 g/mol. The van der Waals surface area contributed by atoms with Crippen LogP contribution in [0.4, 0.5) is 5.69 Å². The van der Waals surface area contributed by atoms with Crippen molar-refractivity contribution in [1.82, 2.24) is 9.88 Å². The second-order valence-corrected chi connectivity index (χ2v) is 7.36. The van der Waals surface area contributed by atoms with Crippen LogP contribution in [0.1, 0.15) is 37.9 Å². The molecule has 2 rings (SSSR count). The van der Waals surface area contributed by atoms with Crippen LogP contribution >= 0.6 is 15.9 Å². The molecule has 5 heteroatoms. The fraction of sp³-hybridized carbons (Fsp3) is 0.429. The number of benzene rings is 1. The van der Waals surface area contributed by atoms with Gasteiger partial charge in [-0.05, 0) is 67.6 Å². The summed E-state index contributed by atoms with van der Waals surface area (Å²) in [5, 5.41) is 0. The van der Waals surface area contributed by atoms with Gasteiger partial charge in [0, 0.05) is 13.6 Å². The van der Waals surface area contributed by atoms with E-state index in [1.807, 2.05) is 31.3 Å². The molecule has 0 bridgehead atoms. The maximum Gasteiger partial charge on any atom is 0.228 e. The molecular weight excluding hydrogens is 390 g/mol. The fourth-order valence-electron chi connectivity index (χ4n) is 2.49. The summed E-state index contributed by atoms with van der Waals surface area (Å²) in [6.07, 6.45) is 5.09. The molecule has 0 aliphatic heterocycles. The molecule has 0 saturated heterocycles. The molecule has 1 aromatic carbocycles. The van der Waals surface area contributed by atoms with Gasteiger partial charge in [-0.3, -0.25) is 0 Å². The van der Waals surface area contributed by atoms with Crippen LogP contribution in [0.15, 0.2) is 45.9 Å². The van der Waals surface area contributed by atoms with Crippen molar-refractivity contribution in [2.24, 2.45) is 4.99 Å². The van der Waals surface area contributed by atoms with E-state index in [9.17, 15) is 0 Å². The Morgan fingerprint density at radius 3 is 2.73 bits per heavy atom. The van der Waals surface area contributed by atoms with Gasteiger partial charge in [-0.2, -0.15) is 0 Å². The third-order valence-corrected chi connectivity index (χ3v) is 4.80. The Morgan fingerprint density at radius 1 is 1.31 bits per heavy atom. The summed E-state index contributed by atoms with van der Waals surface area (Å²) in [7, 11) is 2.00. The Kier molecular flexibility index (Phi) is 8.10. The quantitative estimate of drug-likeness (QED) is 0.396. The van der Waals surface area contributed by atoms with Crippen molar-refractivity contribution in [3.63, 3.8) is 0 Å². The number of aliphatic imine (C=N–C) groups is 1. The van der Waals surface area contributed by atoms with Gasteiger partial charge in [0.15, 0.2) is 0 Å². The highest BCUT2D eigenvalue weighted by Crippen LogP contribution is 2.30. The minimum Gasteiger partial charge on any atom is -0.474 e. The van der Waals surface area contributed by atoms with Crippen molar-refractivity contribution < 1.29 is 4.74 Å². The zero-order chi connectivity index (χ0) is 18.9. The number of ether oxygens (including phenoxy) is 1. The fourth-order valence-corrected chi connectivity index (χ4v) is 2.89. The molecule has 1 atom stereocenters. The molecule has 0 amide bonds. The number of aryl methyl sites for hydroxylation is 2. The summed E-state index contributed by atoms with van der Waals surface area (Å²) < 4.78 is 6.88. The molecule has 0 radical (unpaired) electrons. The first kappa shape index (κ1) is 20.4. The molecule has 0 aliphatic carbocycles. The number of hydrogen-bond donors (Lipinski definition) is 0. The number of nitrogens with zero attached hydrogens (tertiary/aromatic N) is 3. The summed E-state index contributed by atoms with van der Waals surface area (Å²) in [4.78, 5) is 11.1. The van der Waals surface area contributed by atoms with E-state index in [1.54, 1.807) is 0 Å². The highest BCUT2D eigenvalue weighted by molar-refractivity contribution is 9.10. The van der Waals surface area contributed by atoms with Gasteiger partial charge < -0.3 is 9.64 Å². The highest BCUT2D eigenvalue weighted by atomic mass is 79.9. The molecular formula is C21H28BrN3O. The third-order valence-electron chi connectivity index (χ3n) is 4.23. The Labute approximate surface area is 165 Å².